The van der Waals surface area contributed by atoms with Crippen molar-refractivity contribution in [2.75, 3.05) is 7.05 Å². The third kappa shape index (κ3) is 5.02. The van der Waals surface area contributed by atoms with Crippen LogP contribution in [0.25, 0.3) is 0 Å². The Morgan fingerprint density at radius 2 is 1.93 bits per heavy atom. The summed E-state index contributed by atoms with van der Waals surface area (Å²) in [6, 6.07) is 15.2. The quantitative estimate of drug-likeness (QED) is 0.438. The molecule has 0 aliphatic heterocycles. The number of hydrogen-bond donors (Lipinski definition) is 0. The van der Waals surface area contributed by atoms with Gasteiger partial charge in [-0.15, -0.1) is 0 Å². The van der Waals surface area contributed by atoms with Crippen LogP contribution in [0.1, 0.15) is 28.5 Å². The minimum Gasteiger partial charge on any atom is -0.489 e. The standard InChI is InChI=1S/C21H21Br2N3O2/c1-3-26-20(19(23)12-24-26)13-25(2)21(27)16-6-4-5-15(11-16)14-28-18-9-7-17(22)8-10-18/h4-12H,3,13-14H2,1-2H3. The van der Waals surface area contributed by atoms with Gasteiger partial charge in [0.1, 0.15) is 12.4 Å². The molecule has 2 aromatic carbocycles. The highest BCUT2D eigenvalue weighted by molar-refractivity contribution is 9.10. The fraction of sp³-hybridized carbons (Fsp3) is 0.238. The highest BCUT2D eigenvalue weighted by Crippen LogP contribution is 2.20. The zero-order chi connectivity index (χ0) is 20.1. The topological polar surface area (TPSA) is 47.4 Å². The van der Waals surface area contributed by atoms with Gasteiger partial charge >= 0.3 is 0 Å². The molecule has 0 saturated carbocycles. The average Bonchev–Trinajstić information content (AvgIpc) is 3.06. The van der Waals surface area contributed by atoms with E-state index in [4.69, 9.17) is 4.74 Å². The van der Waals surface area contributed by atoms with Crippen molar-refractivity contribution in [3.05, 3.63) is 80.5 Å². The van der Waals surface area contributed by atoms with E-state index in [1.807, 2.05) is 60.1 Å². The first-order chi connectivity index (χ1) is 13.5. The first-order valence-corrected chi connectivity index (χ1v) is 10.5. The van der Waals surface area contributed by atoms with E-state index < -0.39 is 0 Å². The minimum absolute atomic E-state index is 0.0405. The average molecular weight is 507 g/mol. The van der Waals surface area contributed by atoms with Crippen LogP contribution in [0.15, 0.2) is 63.7 Å². The maximum Gasteiger partial charge on any atom is 0.253 e. The number of benzene rings is 2. The number of aryl methyl sites for hydroxylation is 1. The maximum atomic E-state index is 12.9. The minimum atomic E-state index is -0.0405. The molecule has 0 aliphatic rings. The van der Waals surface area contributed by atoms with Crippen LogP contribution in [0, 0.1) is 0 Å². The van der Waals surface area contributed by atoms with Crippen molar-refractivity contribution < 1.29 is 9.53 Å². The van der Waals surface area contributed by atoms with Crippen molar-refractivity contribution in [2.24, 2.45) is 0 Å². The lowest BCUT2D eigenvalue weighted by molar-refractivity contribution is 0.0781. The summed E-state index contributed by atoms with van der Waals surface area (Å²) in [6.07, 6.45) is 1.76. The predicted octanol–water partition coefficient (Wildman–Crippen LogP) is 5.28. The van der Waals surface area contributed by atoms with E-state index >= 15 is 0 Å². The Labute approximate surface area is 181 Å². The van der Waals surface area contributed by atoms with Gasteiger partial charge in [-0.05, 0) is 64.8 Å². The van der Waals surface area contributed by atoms with E-state index in [0.29, 0.717) is 18.7 Å². The SMILES string of the molecule is CCn1ncc(Br)c1CN(C)C(=O)c1cccc(COc2ccc(Br)cc2)c1. The van der Waals surface area contributed by atoms with E-state index in [1.165, 1.54) is 0 Å². The largest absolute Gasteiger partial charge is 0.489 e. The number of halogens is 2. The predicted molar refractivity (Wildman–Crippen MR) is 116 cm³/mol. The number of carbonyl (C=O) groups is 1. The van der Waals surface area contributed by atoms with Crippen LogP contribution in [0.4, 0.5) is 0 Å². The Morgan fingerprint density at radius 1 is 1.18 bits per heavy atom. The summed E-state index contributed by atoms with van der Waals surface area (Å²) in [7, 11) is 1.80. The summed E-state index contributed by atoms with van der Waals surface area (Å²) >= 11 is 6.92. The number of aromatic nitrogens is 2. The van der Waals surface area contributed by atoms with Crippen molar-refractivity contribution >= 4 is 37.8 Å². The summed E-state index contributed by atoms with van der Waals surface area (Å²) in [4.78, 5) is 14.6. The van der Waals surface area contributed by atoms with Crippen molar-refractivity contribution in [1.82, 2.24) is 14.7 Å². The van der Waals surface area contributed by atoms with Gasteiger partial charge in [-0.25, -0.2) is 0 Å². The smallest absolute Gasteiger partial charge is 0.253 e. The molecule has 3 aromatic rings. The monoisotopic (exact) mass is 505 g/mol. The molecule has 0 unspecified atom stereocenters. The van der Waals surface area contributed by atoms with Crippen LogP contribution < -0.4 is 4.74 Å². The van der Waals surface area contributed by atoms with Gasteiger partial charge in [0.05, 0.1) is 22.9 Å². The maximum absolute atomic E-state index is 12.9. The Hall–Kier alpha value is -2.12. The number of ether oxygens (including phenoxy) is 1. The van der Waals surface area contributed by atoms with Gasteiger partial charge in [0.25, 0.3) is 5.91 Å². The van der Waals surface area contributed by atoms with Crippen molar-refractivity contribution in [2.45, 2.75) is 26.6 Å². The molecule has 1 heterocycles. The Kier molecular flexibility index (Phi) is 6.91. The van der Waals surface area contributed by atoms with Crippen LogP contribution in [0.2, 0.25) is 0 Å². The number of hydrogen-bond acceptors (Lipinski definition) is 3. The van der Waals surface area contributed by atoms with Gasteiger partial charge in [-0.1, -0.05) is 28.1 Å². The van der Waals surface area contributed by atoms with Crippen LogP contribution >= 0.6 is 31.9 Å². The molecule has 7 heteroatoms. The van der Waals surface area contributed by atoms with E-state index in [9.17, 15) is 4.79 Å². The summed E-state index contributed by atoms with van der Waals surface area (Å²) in [5, 5.41) is 4.30. The number of amides is 1. The van der Waals surface area contributed by atoms with Crippen LogP contribution in [-0.4, -0.2) is 27.6 Å². The number of carbonyl (C=O) groups excluding carboxylic acids is 1. The van der Waals surface area contributed by atoms with Crippen molar-refractivity contribution in [3.8, 4) is 5.75 Å². The molecular formula is C21H21Br2N3O2. The number of rotatable bonds is 7. The van der Waals surface area contributed by atoms with E-state index in [2.05, 4.69) is 37.0 Å². The molecule has 0 N–H and O–H groups in total. The zero-order valence-corrected chi connectivity index (χ0v) is 18.9. The highest BCUT2D eigenvalue weighted by atomic mass is 79.9. The van der Waals surface area contributed by atoms with Gasteiger partial charge in [-0.2, -0.15) is 5.10 Å². The molecule has 0 atom stereocenters. The fourth-order valence-corrected chi connectivity index (χ4v) is 3.51. The molecule has 0 bridgehead atoms. The fourth-order valence-electron chi connectivity index (χ4n) is 2.83. The molecule has 0 spiro atoms. The lowest BCUT2D eigenvalue weighted by atomic mass is 10.1. The molecule has 28 heavy (non-hydrogen) atoms. The molecule has 146 valence electrons. The molecule has 5 nitrogen and oxygen atoms in total. The van der Waals surface area contributed by atoms with Gasteiger partial charge in [-0.3, -0.25) is 9.48 Å². The lowest BCUT2D eigenvalue weighted by Gasteiger charge is -2.19. The normalized spacial score (nSPS) is 10.7. The lowest BCUT2D eigenvalue weighted by Crippen LogP contribution is -2.27. The van der Waals surface area contributed by atoms with Gasteiger partial charge in [0.15, 0.2) is 0 Å². The third-order valence-electron chi connectivity index (χ3n) is 4.32. The molecule has 0 fully saturated rings. The number of nitrogens with zero attached hydrogens (tertiary/aromatic N) is 3. The molecule has 3 rings (SSSR count). The second-order valence-corrected chi connectivity index (χ2v) is 8.13. The van der Waals surface area contributed by atoms with Crippen LogP contribution in [-0.2, 0) is 19.7 Å². The van der Waals surface area contributed by atoms with E-state index in [0.717, 1.165) is 32.5 Å². The molecule has 1 amide bonds. The molecule has 0 radical (unpaired) electrons. The second kappa shape index (κ2) is 9.39. The zero-order valence-electron chi connectivity index (χ0n) is 15.7. The summed E-state index contributed by atoms with van der Waals surface area (Å²) in [5.74, 6) is 0.746. The molecular weight excluding hydrogens is 486 g/mol. The van der Waals surface area contributed by atoms with Gasteiger partial charge in [0.2, 0.25) is 0 Å². The van der Waals surface area contributed by atoms with E-state index in [-0.39, 0.29) is 5.91 Å². The molecule has 0 saturated heterocycles. The summed E-state index contributed by atoms with van der Waals surface area (Å²) in [6.45, 7) is 3.67. The first kappa shape index (κ1) is 20.6. The summed E-state index contributed by atoms with van der Waals surface area (Å²) in [5.41, 5.74) is 2.56. The summed E-state index contributed by atoms with van der Waals surface area (Å²) < 4.78 is 9.61. The Balaban J connectivity index is 1.67. The Morgan fingerprint density at radius 3 is 2.64 bits per heavy atom. The van der Waals surface area contributed by atoms with Crippen molar-refractivity contribution in [3.63, 3.8) is 0 Å². The molecule has 1 aromatic heterocycles. The molecule has 0 aliphatic carbocycles. The Bertz CT molecular complexity index is 955. The van der Waals surface area contributed by atoms with Gasteiger partial charge < -0.3 is 9.64 Å². The van der Waals surface area contributed by atoms with Gasteiger partial charge in [0, 0.05) is 23.6 Å². The van der Waals surface area contributed by atoms with Crippen LogP contribution in [0.5, 0.6) is 5.75 Å². The first-order valence-electron chi connectivity index (χ1n) is 8.91. The highest BCUT2D eigenvalue weighted by Gasteiger charge is 2.16. The van der Waals surface area contributed by atoms with Crippen molar-refractivity contribution in [1.29, 1.82) is 0 Å². The second-order valence-electron chi connectivity index (χ2n) is 6.36. The third-order valence-corrected chi connectivity index (χ3v) is 5.52. The van der Waals surface area contributed by atoms with E-state index in [1.54, 1.807) is 18.1 Å². The van der Waals surface area contributed by atoms with Crippen LogP contribution in [0.3, 0.4) is 0 Å².